The molecule has 1 aromatic carbocycles. The van der Waals surface area contributed by atoms with Crippen molar-refractivity contribution in [3.8, 4) is 0 Å². The summed E-state index contributed by atoms with van der Waals surface area (Å²) in [7, 11) is 3.42. The number of rotatable bonds is 5. The number of nitrogens with two attached hydrogens (primary N) is 1. The average Bonchev–Trinajstić information content (AvgIpc) is 2.90. The van der Waals surface area contributed by atoms with Gasteiger partial charge in [-0.1, -0.05) is 18.2 Å². The molecule has 2 N–H and O–H groups in total. The number of hydrogen-bond acceptors (Lipinski definition) is 4. The fraction of sp³-hybridized carbons (Fsp3) is 0.579. The van der Waals surface area contributed by atoms with Crippen LogP contribution in [-0.2, 0) is 9.53 Å². The molecule has 144 valence electrons. The fourth-order valence-electron chi connectivity index (χ4n) is 4.22. The third kappa shape index (κ3) is 4.03. The van der Waals surface area contributed by atoms with Gasteiger partial charge in [-0.25, -0.2) is 0 Å². The van der Waals surface area contributed by atoms with Gasteiger partial charge >= 0.3 is 0 Å². The Balaban J connectivity index is 0.00000243. The number of halogens is 1. The van der Waals surface area contributed by atoms with Crippen LogP contribution in [0.2, 0.25) is 0 Å². The van der Waals surface area contributed by atoms with Crippen molar-refractivity contribution in [2.75, 3.05) is 20.8 Å². The zero-order valence-corrected chi connectivity index (χ0v) is 16.2. The molecule has 26 heavy (non-hydrogen) atoms. The molecule has 0 aromatic heterocycles. The summed E-state index contributed by atoms with van der Waals surface area (Å²) < 4.78 is 5.02. The second-order valence-corrected chi connectivity index (χ2v) is 7.10. The first-order valence-corrected chi connectivity index (χ1v) is 8.91. The molecule has 2 saturated heterocycles. The fourth-order valence-corrected chi connectivity index (χ4v) is 4.22. The predicted octanol–water partition coefficient (Wildman–Crippen LogP) is 1.68. The number of hydrogen-bond donors (Lipinski definition) is 1. The number of carbonyl (C=O) groups is 2. The van der Waals surface area contributed by atoms with E-state index in [0.717, 1.165) is 25.7 Å². The molecular formula is C19H28ClN3O3. The molecule has 2 aliphatic heterocycles. The molecule has 0 saturated carbocycles. The van der Waals surface area contributed by atoms with Crippen molar-refractivity contribution in [1.82, 2.24) is 9.80 Å². The molecule has 0 aliphatic carbocycles. The lowest BCUT2D eigenvalue weighted by atomic mass is 9.95. The lowest BCUT2D eigenvalue weighted by Crippen LogP contribution is -2.57. The third-order valence-corrected chi connectivity index (χ3v) is 5.51. The van der Waals surface area contributed by atoms with E-state index in [1.807, 2.05) is 47.2 Å². The van der Waals surface area contributed by atoms with Gasteiger partial charge in [0.1, 0.15) is 6.04 Å². The topological polar surface area (TPSA) is 75.9 Å². The minimum atomic E-state index is -0.603. The van der Waals surface area contributed by atoms with E-state index in [2.05, 4.69) is 0 Å². The maximum absolute atomic E-state index is 12.7. The number of fused-ring (bicyclic) bond motifs is 2. The van der Waals surface area contributed by atoms with Gasteiger partial charge in [-0.05, 0) is 37.8 Å². The first-order valence-electron chi connectivity index (χ1n) is 8.91. The van der Waals surface area contributed by atoms with Crippen molar-refractivity contribution < 1.29 is 14.3 Å². The minimum Gasteiger partial charge on any atom is -0.383 e. The Morgan fingerprint density at radius 3 is 2.35 bits per heavy atom. The van der Waals surface area contributed by atoms with E-state index in [1.54, 1.807) is 7.11 Å². The highest BCUT2D eigenvalue weighted by Crippen LogP contribution is 2.38. The van der Waals surface area contributed by atoms with Crippen LogP contribution in [0.3, 0.4) is 0 Å². The van der Waals surface area contributed by atoms with Gasteiger partial charge in [0.25, 0.3) is 5.91 Å². The van der Waals surface area contributed by atoms with Crippen molar-refractivity contribution in [2.24, 2.45) is 5.73 Å². The van der Waals surface area contributed by atoms with Crippen molar-refractivity contribution in [3.05, 3.63) is 35.9 Å². The van der Waals surface area contributed by atoms with E-state index in [0.29, 0.717) is 5.56 Å². The van der Waals surface area contributed by atoms with Gasteiger partial charge in [-0.15, -0.1) is 12.4 Å². The quantitative estimate of drug-likeness (QED) is 0.841. The molecule has 0 radical (unpaired) electrons. The van der Waals surface area contributed by atoms with Crippen LogP contribution in [0.15, 0.2) is 30.3 Å². The summed E-state index contributed by atoms with van der Waals surface area (Å²) in [5, 5.41) is 0. The molecule has 2 aliphatic rings. The molecular weight excluding hydrogens is 354 g/mol. The van der Waals surface area contributed by atoms with Crippen LogP contribution >= 0.6 is 12.4 Å². The molecule has 2 bridgehead atoms. The van der Waals surface area contributed by atoms with Crippen LogP contribution in [-0.4, -0.2) is 66.5 Å². The summed E-state index contributed by atoms with van der Waals surface area (Å²) in [4.78, 5) is 29.1. The summed E-state index contributed by atoms with van der Waals surface area (Å²) in [5.74, 6) is 0.0192. The standard InChI is InChI=1S/C19H27N3O3.ClH/c1-21(18(23)13-6-4-3-5-7-13)16-10-14-8-9-15(11-16)22(14)19(24)17(20)12-25-2;/h3-7,14-17H,8-12,20H2,1-2H3;1H. The number of methoxy groups -OCH3 is 1. The maximum atomic E-state index is 12.7. The zero-order valence-electron chi connectivity index (χ0n) is 15.3. The summed E-state index contributed by atoms with van der Waals surface area (Å²) in [5.41, 5.74) is 6.66. The Morgan fingerprint density at radius 2 is 1.81 bits per heavy atom. The second kappa shape index (κ2) is 8.84. The Hall–Kier alpha value is -1.63. The number of amides is 2. The Kier molecular flexibility index (Phi) is 7.03. The normalized spacial score (nSPS) is 25.3. The largest absolute Gasteiger partial charge is 0.383 e. The first kappa shape index (κ1) is 20.7. The molecule has 2 amide bonds. The van der Waals surface area contributed by atoms with Gasteiger partial charge in [-0.3, -0.25) is 9.59 Å². The molecule has 2 heterocycles. The maximum Gasteiger partial charge on any atom is 0.253 e. The predicted molar refractivity (Wildman–Crippen MR) is 102 cm³/mol. The van der Waals surface area contributed by atoms with Gasteiger partial charge in [0, 0.05) is 37.8 Å². The molecule has 0 spiro atoms. The van der Waals surface area contributed by atoms with Crippen LogP contribution in [0.25, 0.3) is 0 Å². The Labute approximate surface area is 161 Å². The van der Waals surface area contributed by atoms with Crippen molar-refractivity contribution in [2.45, 2.75) is 49.9 Å². The Bertz CT molecular complexity index is 614. The zero-order chi connectivity index (χ0) is 18.0. The van der Waals surface area contributed by atoms with Gasteiger partial charge in [0.05, 0.1) is 6.61 Å². The first-order chi connectivity index (χ1) is 12.0. The molecule has 3 rings (SSSR count). The van der Waals surface area contributed by atoms with Gasteiger partial charge in [0.15, 0.2) is 0 Å². The minimum absolute atomic E-state index is 0. The summed E-state index contributed by atoms with van der Waals surface area (Å²) in [6.45, 7) is 0.241. The molecule has 7 heteroatoms. The summed E-state index contributed by atoms with van der Waals surface area (Å²) >= 11 is 0. The van der Waals surface area contributed by atoms with Crippen molar-refractivity contribution >= 4 is 24.2 Å². The van der Waals surface area contributed by atoms with Crippen molar-refractivity contribution in [1.29, 1.82) is 0 Å². The van der Waals surface area contributed by atoms with E-state index in [4.69, 9.17) is 10.5 Å². The number of carbonyl (C=O) groups excluding carboxylic acids is 2. The van der Waals surface area contributed by atoms with Crippen molar-refractivity contribution in [3.63, 3.8) is 0 Å². The van der Waals surface area contributed by atoms with Crippen LogP contribution in [0, 0.1) is 0 Å². The molecule has 3 unspecified atom stereocenters. The molecule has 1 aromatic rings. The van der Waals surface area contributed by atoms with E-state index in [9.17, 15) is 9.59 Å². The summed E-state index contributed by atoms with van der Waals surface area (Å²) in [6.07, 6.45) is 3.61. The Morgan fingerprint density at radius 1 is 1.23 bits per heavy atom. The van der Waals surface area contributed by atoms with Gasteiger partial charge in [-0.2, -0.15) is 0 Å². The molecule has 2 fully saturated rings. The van der Waals surface area contributed by atoms with Gasteiger partial charge < -0.3 is 20.3 Å². The molecule has 6 nitrogen and oxygen atoms in total. The highest BCUT2D eigenvalue weighted by Gasteiger charge is 2.45. The van der Waals surface area contributed by atoms with Gasteiger partial charge in [0.2, 0.25) is 5.91 Å². The van der Waals surface area contributed by atoms with E-state index < -0.39 is 6.04 Å². The van der Waals surface area contributed by atoms with E-state index in [1.165, 1.54) is 0 Å². The lowest BCUT2D eigenvalue weighted by molar-refractivity contribution is -0.139. The lowest BCUT2D eigenvalue weighted by Gasteiger charge is -2.43. The monoisotopic (exact) mass is 381 g/mol. The second-order valence-electron chi connectivity index (χ2n) is 7.10. The number of benzene rings is 1. The smallest absolute Gasteiger partial charge is 0.253 e. The highest BCUT2D eigenvalue weighted by molar-refractivity contribution is 5.94. The van der Waals surface area contributed by atoms with E-state index >= 15 is 0 Å². The van der Waals surface area contributed by atoms with E-state index in [-0.39, 0.29) is 49.0 Å². The molecule has 3 atom stereocenters. The third-order valence-electron chi connectivity index (χ3n) is 5.51. The van der Waals surface area contributed by atoms with Crippen LogP contribution < -0.4 is 5.73 Å². The SMILES string of the molecule is COCC(N)C(=O)N1C2CCC1CC(N(C)C(=O)c1ccccc1)C2.Cl. The number of nitrogens with zero attached hydrogens (tertiary/aromatic N) is 2. The average molecular weight is 382 g/mol. The number of ether oxygens (including phenoxy) is 1. The van der Waals surface area contributed by atoms with Crippen LogP contribution in [0.5, 0.6) is 0 Å². The van der Waals surface area contributed by atoms with Crippen LogP contribution in [0.1, 0.15) is 36.0 Å². The summed E-state index contributed by atoms with van der Waals surface area (Å²) in [6, 6.07) is 9.25. The highest BCUT2D eigenvalue weighted by atomic mass is 35.5. The van der Waals surface area contributed by atoms with Crippen LogP contribution in [0.4, 0.5) is 0 Å². The number of piperidine rings is 1.